The highest BCUT2D eigenvalue weighted by Gasteiger charge is 2.18. The molecular weight excluding hydrogens is 442 g/mol. The minimum absolute atomic E-state index is 0.130. The van der Waals surface area contributed by atoms with E-state index in [0.717, 1.165) is 14.6 Å². The van der Waals surface area contributed by atoms with Crippen molar-refractivity contribution in [3.63, 3.8) is 0 Å². The van der Waals surface area contributed by atoms with Crippen LogP contribution in [0.4, 0.5) is 16.6 Å². The molecule has 0 atom stereocenters. The van der Waals surface area contributed by atoms with Crippen LogP contribution in [-0.2, 0) is 0 Å². The lowest BCUT2D eigenvalue weighted by atomic mass is 10.1. The molecule has 0 saturated heterocycles. The average Bonchev–Trinajstić information content (AvgIpc) is 2.88. The molecule has 23 heavy (non-hydrogen) atoms. The van der Waals surface area contributed by atoms with E-state index in [1.807, 2.05) is 36.4 Å². The summed E-state index contributed by atoms with van der Waals surface area (Å²) in [5.74, 6) is 0.107. The van der Waals surface area contributed by atoms with Crippen molar-refractivity contribution in [3.8, 4) is 0 Å². The van der Waals surface area contributed by atoms with Crippen LogP contribution in [-0.4, -0.2) is 10.8 Å². The number of carbonyl (C=O) groups is 1. The molecule has 0 aliphatic carbocycles. The van der Waals surface area contributed by atoms with Crippen LogP contribution in [0, 0.1) is 0 Å². The average molecular weight is 453 g/mol. The molecular formula is C16H11Br2N3OS. The van der Waals surface area contributed by atoms with Gasteiger partial charge in [-0.2, -0.15) is 0 Å². The topological polar surface area (TPSA) is 68.0 Å². The number of nitrogens with one attached hydrogen (secondary N) is 1. The number of ketones is 1. The number of rotatable bonds is 4. The van der Waals surface area contributed by atoms with Gasteiger partial charge in [0.1, 0.15) is 10.7 Å². The lowest BCUT2D eigenvalue weighted by Gasteiger charge is -2.02. The molecule has 1 heterocycles. The summed E-state index contributed by atoms with van der Waals surface area (Å²) in [4.78, 5) is 17.2. The Balaban J connectivity index is 1.86. The molecule has 0 aliphatic heterocycles. The van der Waals surface area contributed by atoms with E-state index in [2.05, 4.69) is 42.2 Å². The van der Waals surface area contributed by atoms with Gasteiger partial charge in [-0.1, -0.05) is 49.3 Å². The van der Waals surface area contributed by atoms with Crippen molar-refractivity contribution in [2.75, 3.05) is 11.1 Å². The first kappa shape index (κ1) is 16.2. The quantitative estimate of drug-likeness (QED) is 0.532. The van der Waals surface area contributed by atoms with Gasteiger partial charge in [0.05, 0.1) is 0 Å². The summed E-state index contributed by atoms with van der Waals surface area (Å²) >= 11 is 8.01. The third-order valence-corrected chi connectivity index (χ3v) is 5.05. The summed E-state index contributed by atoms with van der Waals surface area (Å²) in [6, 6.07) is 14.9. The fourth-order valence-corrected chi connectivity index (χ4v) is 3.50. The summed E-state index contributed by atoms with van der Waals surface area (Å²) in [6.45, 7) is 0. The second-order valence-electron chi connectivity index (χ2n) is 4.70. The zero-order valence-corrected chi connectivity index (χ0v) is 15.7. The summed E-state index contributed by atoms with van der Waals surface area (Å²) < 4.78 is 1.88. The molecule has 3 N–H and O–H groups in total. The third kappa shape index (κ3) is 3.80. The van der Waals surface area contributed by atoms with Crippen molar-refractivity contribution in [1.29, 1.82) is 0 Å². The molecule has 7 heteroatoms. The van der Waals surface area contributed by atoms with Gasteiger partial charge < -0.3 is 11.1 Å². The van der Waals surface area contributed by atoms with Crippen LogP contribution in [0.2, 0.25) is 0 Å². The van der Waals surface area contributed by atoms with Crippen LogP contribution in [0.5, 0.6) is 0 Å². The van der Waals surface area contributed by atoms with Crippen LogP contribution in [0.25, 0.3) is 0 Å². The molecule has 0 bridgehead atoms. The van der Waals surface area contributed by atoms with E-state index < -0.39 is 0 Å². The Labute approximate surface area is 154 Å². The van der Waals surface area contributed by atoms with Gasteiger partial charge in [-0.3, -0.25) is 4.79 Å². The lowest BCUT2D eigenvalue weighted by Crippen LogP contribution is -2.02. The summed E-state index contributed by atoms with van der Waals surface area (Å²) in [6.07, 6.45) is 0. The Bertz CT molecular complexity index is 862. The Kier molecular flexibility index (Phi) is 4.79. The molecule has 4 nitrogen and oxygen atoms in total. The number of nitrogen functional groups attached to an aromatic ring is 1. The van der Waals surface area contributed by atoms with E-state index in [4.69, 9.17) is 5.73 Å². The minimum Gasteiger partial charge on any atom is -0.382 e. The first-order valence-electron chi connectivity index (χ1n) is 6.62. The largest absolute Gasteiger partial charge is 0.382 e. The number of hydrogen-bond donors (Lipinski definition) is 2. The maximum atomic E-state index is 12.5. The number of hydrogen-bond acceptors (Lipinski definition) is 5. The van der Waals surface area contributed by atoms with Crippen LogP contribution >= 0.6 is 43.2 Å². The molecule has 2 aromatic carbocycles. The van der Waals surface area contributed by atoms with E-state index in [-0.39, 0.29) is 11.6 Å². The molecule has 3 rings (SSSR count). The fourth-order valence-electron chi connectivity index (χ4n) is 1.97. The van der Waals surface area contributed by atoms with Gasteiger partial charge in [0.2, 0.25) is 5.78 Å². The molecule has 0 radical (unpaired) electrons. The van der Waals surface area contributed by atoms with E-state index in [1.54, 1.807) is 12.1 Å². The Morgan fingerprint density at radius 3 is 2.52 bits per heavy atom. The van der Waals surface area contributed by atoms with E-state index in [0.29, 0.717) is 15.6 Å². The van der Waals surface area contributed by atoms with Gasteiger partial charge in [-0.25, -0.2) is 4.98 Å². The molecule has 0 saturated carbocycles. The van der Waals surface area contributed by atoms with Crippen LogP contribution in [0.15, 0.2) is 57.5 Å². The lowest BCUT2D eigenvalue weighted by molar-refractivity contribution is 0.104. The van der Waals surface area contributed by atoms with E-state index in [1.165, 1.54) is 11.3 Å². The molecule has 0 spiro atoms. The van der Waals surface area contributed by atoms with Gasteiger partial charge in [-0.15, -0.1) is 0 Å². The second-order valence-corrected chi connectivity index (χ2v) is 7.54. The highest BCUT2D eigenvalue weighted by molar-refractivity contribution is 9.10. The standard InChI is InChI=1S/C16H11Br2N3OS/c17-10-6-4-9(5-7-10)13(22)14-15(19)21-16(23-14)20-12-3-1-2-11(18)8-12/h1-8H,19H2,(H,20,21). The van der Waals surface area contributed by atoms with Crippen molar-refractivity contribution >= 4 is 65.6 Å². The van der Waals surface area contributed by atoms with Gasteiger partial charge in [0.15, 0.2) is 5.13 Å². The second kappa shape index (κ2) is 6.82. The predicted molar refractivity (Wildman–Crippen MR) is 102 cm³/mol. The monoisotopic (exact) mass is 451 g/mol. The van der Waals surface area contributed by atoms with Crippen LogP contribution in [0.1, 0.15) is 15.2 Å². The normalized spacial score (nSPS) is 10.5. The first-order chi connectivity index (χ1) is 11.0. The molecule has 116 valence electrons. The van der Waals surface area contributed by atoms with Gasteiger partial charge in [-0.05, 0) is 42.5 Å². The fraction of sp³-hybridized carbons (Fsp3) is 0. The summed E-state index contributed by atoms with van der Waals surface area (Å²) in [7, 11) is 0. The number of thiazole rings is 1. The Morgan fingerprint density at radius 1 is 1.09 bits per heavy atom. The summed E-state index contributed by atoms with van der Waals surface area (Å²) in [5, 5.41) is 3.74. The highest BCUT2D eigenvalue weighted by atomic mass is 79.9. The zero-order valence-electron chi connectivity index (χ0n) is 11.7. The third-order valence-electron chi connectivity index (χ3n) is 3.04. The Hall–Kier alpha value is -1.70. The van der Waals surface area contributed by atoms with Crippen molar-refractivity contribution < 1.29 is 4.79 Å². The molecule has 0 amide bonds. The zero-order chi connectivity index (χ0) is 16.4. The minimum atomic E-state index is -0.130. The number of nitrogens with zero attached hydrogens (tertiary/aromatic N) is 1. The molecule has 0 unspecified atom stereocenters. The maximum absolute atomic E-state index is 12.5. The summed E-state index contributed by atoms with van der Waals surface area (Å²) in [5.41, 5.74) is 7.37. The van der Waals surface area contributed by atoms with Gasteiger partial charge in [0.25, 0.3) is 0 Å². The molecule has 0 aliphatic rings. The van der Waals surface area contributed by atoms with Crippen LogP contribution in [0.3, 0.4) is 0 Å². The molecule has 0 fully saturated rings. The van der Waals surface area contributed by atoms with Crippen LogP contribution < -0.4 is 11.1 Å². The number of benzene rings is 2. The van der Waals surface area contributed by atoms with E-state index >= 15 is 0 Å². The molecule has 1 aromatic heterocycles. The first-order valence-corrected chi connectivity index (χ1v) is 9.02. The smallest absolute Gasteiger partial charge is 0.206 e. The number of aromatic nitrogens is 1. The van der Waals surface area contributed by atoms with Gasteiger partial charge in [0, 0.05) is 20.2 Å². The number of nitrogens with two attached hydrogens (primary N) is 1. The number of halogens is 2. The number of carbonyl (C=O) groups excluding carboxylic acids is 1. The SMILES string of the molecule is Nc1nc(Nc2cccc(Br)c2)sc1C(=O)c1ccc(Br)cc1. The van der Waals surface area contributed by atoms with Gasteiger partial charge >= 0.3 is 0 Å². The number of anilines is 3. The van der Waals surface area contributed by atoms with Crippen molar-refractivity contribution in [2.45, 2.75) is 0 Å². The Morgan fingerprint density at radius 2 is 1.83 bits per heavy atom. The van der Waals surface area contributed by atoms with Crippen molar-refractivity contribution in [3.05, 3.63) is 67.9 Å². The predicted octanol–water partition coefficient (Wildman–Crippen LogP) is 5.22. The molecule has 3 aromatic rings. The highest BCUT2D eigenvalue weighted by Crippen LogP contribution is 2.30. The maximum Gasteiger partial charge on any atom is 0.206 e. The van der Waals surface area contributed by atoms with Crippen molar-refractivity contribution in [1.82, 2.24) is 4.98 Å². The van der Waals surface area contributed by atoms with E-state index in [9.17, 15) is 4.79 Å². The van der Waals surface area contributed by atoms with Crippen molar-refractivity contribution in [2.24, 2.45) is 0 Å².